The summed E-state index contributed by atoms with van der Waals surface area (Å²) in [6.07, 6.45) is 0.655. The van der Waals surface area contributed by atoms with Crippen molar-refractivity contribution in [1.82, 2.24) is 14.7 Å². The van der Waals surface area contributed by atoms with Crippen molar-refractivity contribution in [2.24, 2.45) is 0 Å². The van der Waals surface area contributed by atoms with Gasteiger partial charge in [0.2, 0.25) is 0 Å². The lowest BCUT2D eigenvalue weighted by molar-refractivity contribution is -0.137. The summed E-state index contributed by atoms with van der Waals surface area (Å²) >= 11 is 1.51. The molecule has 0 atom stereocenters. The summed E-state index contributed by atoms with van der Waals surface area (Å²) < 4.78 is 5.06. The highest BCUT2D eigenvalue weighted by molar-refractivity contribution is 7.11. The van der Waals surface area contributed by atoms with E-state index >= 15 is 0 Å². The number of amides is 2. The van der Waals surface area contributed by atoms with Gasteiger partial charge in [-0.1, -0.05) is 13.0 Å². The average molecular weight is 363 g/mol. The third-order valence-corrected chi connectivity index (χ3v) is 5.66. The first-order valence-corrected chi connectivity index (χ1v) is 9.66. The highest BCUT2D eigenvalue weighted by atomic mass is 32.1. The van der Waals surface area contributed by atoms with Gasteiger partial charge in [0.15, 0.2) is 0 Å². The SMILES string of the molecule is CCN1CCN(C2=C(c3cccs3)C(=O)N(CCCOC)C2=O)CC1. The topological polar surface area (TPSA) is 53.1 Å². The van der Waals surface area contributed by atoms with Gasteiger partial charge in [-0.25, -0.2) is 0 Å². The van der Waals surface area contributed by atoms with Gasteiger partial charge in [0.25, 0.3) is 11.8 Å². The molecule has 25 heavy (non-hydrogen) atoms. The Morgan fingerprint density at radius 2 is 1.92 bits per heavy atom. The number of rotatable bonds is 7. The fraction of sp³-hybridized carbons (Fsp3) is 0.556. The van der Waals surface area contributed by atoms with E-state index in [9.17, 15) is 9.59 Å². The van der Waals surface area contributed by atoms with Crippen molar-refractivity contribution in [1.29, 1.82) is 0 Å². The van der Waals surface area contributed by atoms with E-state index in [1.807, 2.05) is 17.5 Å². The van der Waals surface area contributed by atoms with Crippen LogP contribution in [-0.2, 0) is 14.3 Å². The van der Waals surface area contributed by atoms with Crippen molar-refractivity contribution in [2.75, 3.05) is 53.0 Å². The van der Waals surface area contributed by atoms with E-state index in [2.05, 4.69) is 16.7 Å². The largest absolute Gasteiger partial charge is 0.385 e. The van der Waals surface area contributed by atoms with E-state index in [1.165, 1.54) is 16.2 Å². The molecule has 0 saturated carbocycles. The van der Waals surface area contributed by atoms with Crippen molar-refractivity contribution < 1.29 is 14.3 Å². The van der Waals surface area contributed by atoms with Crippen LogP contribution in [0.1, 0.15) is 18.2 Å². The Balaban J connectivity index is 1.87. The molecule has 7 heteroatoms. The molecule has 6 nitrogen and oxygen atoms in total. The molecular weight excluding hydrogens is 338 g/mol. The maximum Gasteiger partial charge on any atom is 0.277 e. The van der Waals surface area contributed by atoms with Gasteiger partial charge in [-0.2, -0.15) is 0 Å². The van der Waals surface area contributed by atoms with Crippen LogP contribution >= 0.6 is 11.3 Å². The minimum absolute atomic E-state index is 0.158. The molecular formula is C18H25N3O3S. The zero-order chi connectivity index (χ0) is 17.8. The standard InChI is InChI=1S/C18H25N3O3S/c1-3-19-8-10-20(11-9-19)16-15(14-6-4-13-25-14)17(22)21(18(16)23)7-5-12-24-2/h4,6,13H,3,5,7-12H2,1-2H3. The van der Waals surface area contributed by atoms with Crippen molar-refractivity contribution in [3.8, 4) is 0 Å². The van der Waals surface area contributed by atoms with Crippen molar-refractivity contribution in [3.05, 3.63) is 28.1 Å². The summed E-state index contributed by atoms with van der Waals surface area (Å²) in [4.78, 5) is 32.7. The first-order valence-electron chi connectivity index (χ1n) is 8.78. The van der Waals surface area contributed by atoms with Crippen LogP contribution in [0.25, 0.3) is 5.57 Å². The van der Waals surface area contributed by atoms with E-state index in [0.29, 0.717) is 30.8 Å². The lowest BCUT2D eigenvalue weighted by atomic mass is 10.1. The molecule has 0 bridgehead atoms. The Hall–Kier alpha value is -1.70. The molecule has 2 aliphatic heterocycles. The third kappa shape index (κ3) is 3.63. The molecule has 1 fully saturated rings. The number of hydrogen-bond acceptors (Lipinski definition) is 6. The molecule has 2 amide bonds. The van der Waals surface area contributed by atoms with E-state index < -0.39 is 0 Å². The van der Waals surface area contributed by atoms with Crippen LogP contribution in [0, 0.1) is 0 Å². The van der Waals surface area contributed by atoms with E-state index in [-0.39, 0.29) is 11.8 Å². The first kappa shape index (κ1) is 18.1. The summed E-state index contributed by atoms with van der Waals surface area (Å²) in [6.45, 7) is 7.50. The normalized spacial score (nSPS) is 19.4. The Bertz CT molecular complexity index is 649. The minimum atomic E-state index is -0.170. The lowest BCUT2D eigenvalue weighted by Gasteiger charge is -2.35. The molecule has 3 heterocycles. The van der Waals surface area contributed by atoms with Crippen LogP contribution in [0.4, 0.5) is 0 Å². The maximum absolute atomic E-state index is 13.0. The zero-order valence-corrected chi connectivity index (χ0v) is 15.7. The molecule has 1 aromatic rings. The number of methoxy groups -OCH3 is 1. The highest BCUT2D eigenvalue weighted by Crippen LogP contribution is 2.34. The Kier molecular flexibility index (Phi) is 5.88. The van der Waals surface area contributed by atoms with Crippen LogP contribution in [0.15, 0.2) is 23.2 Å². The number of hydrogen-bond donors (Lipinski definition) is 0. The number of ether oxygens (including phenoxy) is 1. The van der Waals surface area contributed by atoms with Gasteiger partial charge in [-0.05, 0) is 24.4 Å². The third-order valence-electron chi connectivity index (χ3n) is 4.78. The van der Waals surface area contributed by atoms with E-state index in [1.54, 1.807) is 7.11 Å². The smallest absolute Gasteiger partial charge is 0.277 e. The maximum atomic E-state index is 13.0. The molecule has 0 aromatic carbocycles. The van der Waals surface area contributed by atoms with Crippen LogP contribution < -0.4 is 0 Å². The van der Waals surface area contributed by atoms with Crippen LogP contribution in [0.2, 0.25) is 0 Å². The molecule has 0 N–H and O–H groups in total. The second-order valence-corrected chi connectivity index (χ2v) is 7.18. The van der Waals surface area contributed by atoms with Gasteiger partial charge >= 0.3 is 0 Å². The number of carbonyl (C=O) groups is 2. The van der Waals surface area contributed by atoms with Crippen molar-refractivity contribution in [2.45, 2.75) is 13.3 Å². The number of imide groups is 1. The van der Waals surface area contributed by atoms with Gasteiger partial charge in [0.05, 0.1) is 5.57 Å². The van der Waals surface area contributed by atoms with E-state index in [4.69, 9.17) is 4.74 Å². The van der Waals surface area contributed by atoms with Gasteiger partial charge < -0.3 is 14.5 Å². The Labute approximate surface area is 152 Å². The first-order chi connectivity index (χ1) is 12.2. The lowest BCUT2D eigenvalue weighted by Crippen LogP contribution is -2.47. The summed E-state index contributed by atoms with van der Waals surface area (Å²) in [5, 5.41) is 1.94. The molecule has 0 aliphatic carbocycles. The number of likely N-dealkylation sites (N-methyl/N-ethyl adjacent to an activating group) is 1. The summed E-state index contributed by atoms with van der Waals surface area (Å²) in [6, 6.07) is 3.84. The summed E-state index contributed by atoms with van der Waals surface area (Å²) in [7, 11) is 1.63. The summed E-state index contributed by atoms with van der Waals surface area (Å²) in [5.74, 6) is -0.328. The van der Waals surface area contributed by atoms with Crippen molar-refractivity contribution >= 4 is 28.7 Å². The van der Waals surface area contributed by atoms with Crippen molar-refractivity contribution in [3.63, 3.8) is 0 Å². The van der Waals surface area contributed by atoms with E-state index in [0.717, 1.165) is 37.6 Å². The number of nitrogens with zero attached hydrogens (tertiary/aromatic N) is 3. The monoisotopic (exact) mass is 363 g/mol. The predicted molar refractivity (Wildman–Crippen MR) is 98.1 cm³/mol. The van der Waals surface area contributed by atoms with Gasteiger partial charge in [-0.15, -0.1) is 11.3 Å². The van der Waals surface area contributed by atoms with Crippen LogP contribution in [-0.4, -0.2) is 79.5 Å². The molecule has 2 aliphatic rings. The van der Waals surface area contributed by atoms with Gasteiger partial charge in [0.1, 0.15) is 5.70 Å². The average Bonchev–Trinajstić information content (AvgIpc) is 3.23. The molecule has 0 unspecified atom stereocenters. The molecule has 136 valence electrons. The number of carbonyl (C=O) groups excluding carboxylic acids is 2. The fourth-order valence-electron chi connectivity index (χ4n) is 3.36. The van der Waals surface area contributed by atoms with Gasteiger partial charge in [0, 0.05) is 51.3 Å². The molecule has 0 spiro atoms. The van der Waals surface area contributed by atoms with Crippen LogP contribution in [0.5, 0.6) is 0 Å². The minimum Gasteiger partial charge on any atom is -0.385 e. The highest BCUT2D eigenvalue weighted by Gasteiger charge is 2.42. The van der Waals surface area contributed by atoms with Crippen LogP contribution in [0.3, 0.4) is 0 Å². The molecule has 3 rings (SSSR count). The van der Waals surface area contributed by atoms with Gasteiger partial charge in [-0.3, -0.25) is 14.5 Å². The zero-order valence-electron chi connectivity index (χ0n) is 14.9. The number of thiophene rings is 1. The Morgan fingerprint density at radius 3 is 2.52 bits per heavy atom. The predicted octanol–water partition coefficient (Wildman–Crippen LogP) is 1.50. The molecule has 1 aromatic heterocycles. The Morgan fingerprint density at radius 1 is 1.16 bits per heavy atom. The summed E-state index contributed by atoms with van der Waals surface area (Å²) in [5.41, 5.74) is 1.16. The number of piperazine rings is 1. The second kappa shape index (κ2) is 8.12. The quantitative estimate of drug-likeness (QED) is 0.543. The second-order valence-electron chi connectivity index (χ2n) is 6.23. The molecule has 0 radical (unpaired) electrons. The molecule has 1 saturated heterocycles. The fourth-order valence-corrected chi connectivity index (χ4v) is 4.12.